The molecule has 0 aromatic carbocycles. The summed E-state index contributed by atoms with van der Waals surface area (Å²) in [5, 5.41) is 1.07. The Kier molecular flexibility index (Phi) is 2.79. The third kappa shape index (κ3) is 2.26. The van der Waals surface area contributed by atoms with Gasteiger partial charge in [-0.1, -0.05) is 0 Å². The quantitative estimate of drug-likeness (QED) is 0.831. The van der Waals surface area contributed by atoms with Crippen LogP contribution in [0.25, 0.3) is 0 Å². The number of piperidine rings is 1. The minimum Gasteiger partial charge on any atom is -0.347 e. The van der Waals surface area contributed by atoms with Crippen molar-refractivity contribution in [1.82, 2.24) is 9.36 Å². The highest BCUT2D eigenvalue weighted by Crippen LogP contribution is 2.41. The second-order valence-corrected chi connectivity index (χ2v) is 6.58. The van der Waals surface area contributed by atoms with Gasteiger partial charge in [-0.15, -0.1) is 0 Å². The number of hydrogen-bond acceptors (Lipinski definition) is 6. The molecule has 3 heterocycles. The second-order valence-electron chi connectivity index (χ2n) is 5.85. The molecule has 1 spiro atoms. The fraction of sp³-hybridized carbons (Fsp3) is 0.846. The van der Waals surface area contributed by atoms with Crippen LogP contribution < -0.4 is 4.90 Å². The van der Waals surface area contributed by atoms with E-state index in [9.17, 15) is 0 Å². The van der Waals surface area contributed by atoms with E-state index in [1.165, 1.54) is 24.4 Å². The van der Waals surface area contributed by atoms with Crippen LogP contribution in [-0.2, 0) is 9.47 Å². The second kappa shape index (κ2) is 4.40. The lowest BCUT2D eigenvalue weighted by molar-refractivity contribution is -0.178. The van der Waals surface area contributed by atoms with Gasteiger partial charge in [0.05, 0.1) is 12.7 Å². The summed E-state index contributed by atoms with van der Waals surface area (Å²) in [6.45, 7) is 4.70. The van der Waals surface area contributed by atoms with E-state index in [1.54, 1.807) is 0 Å². The highest BCUT2D eigenvalue weighted by Gasteiger charge is 2.43. The van der Waals surface area contributed by atoms with Crippen LogP contribution in [-0.4, -0.2) is 40.9 Å². The summed E-state index contributed by atoms with van der Waals surface area (Å²) >= 11 is 1.54. The van der Waals surface area contributed by atoms with E-state index in [2.05, 4.69) is 21.2 Å². The molecular formula is C13H19N3O2S. The summed E-state index contributed by atoms with van der Waals surface area (Å²) in [4.78, 5) is 7.00. The van der Waals surface area contributed by atoms with Gasteiger partial charge < -0.3 is 14.4 Å². The first-order valence-corrected chi connectivity index (χ1v) is 7.92. The van der Waals surface area contributed by atoms with Crippen molar-refractivity contribution >= 4 is 16.7 Å². The van der Waals surface area contributed by atoms with Gasteiger partial charge in [-0.25, -0.2) is 4.98 Å². The first-order valence-electron chi connectivity index (χ1n) is 7.14. The third-order valence-electron chi connectivity index (χ3n) is 4.17. The highest BCUT2D eigenvalue weighted by molar-refractivity contribution is 7.09. The van der Waals surface area contributed by atoms with Gasteiger partial charge in [0.1, 0.15) is 5.82 Å². The monoisotopic (exact) mass is 281 g/mol. The van der Waals surface area contributed by atoms with Crippen LogP contribution in [0.3, 0.4) is 0 Å². The topological polar surface area (TPSA) is 47.5 Å². The Bertz CT molecular complexity index is 466. The first-order chi connectivity index (χ1) is 9.24. The van der Waals surface area contributed by atoms with Gasteiger partial charge >= 0.3 is 0 Å². The van der Waals surface area contributed by atoms with Crippen LogP contribution in [0.4, 0.5) is 5.13 Å². The molecule has 0 radical (unpaired) electrons. The molecule has 2 aliphatic heterocycles. The lowest BCUT2D eigenvalue weighted by Crippen LogP contribution is -2.45. The van der Waals surface area contributed by atoms with E-state index in [4.69, 9.17) is 9.47 Å². The van der Waals surface area contributed by atoms with Gasteiger partial charge in [0.25, 0.3) is 0 Å². The zero-order valence-corrected chi connectivity index (χ0v) is 12.0. The lowest BCUT2D eigenvalue weighted by Gasteiger charge is -2.37. The van der Waals surface area contributed by atoms with Crippen molar-refractivity contribution < 1.29 is 9.47 Å². The van der Waals surface area contributed by atoms with E-state index in [-0.39, 0.29) is 11.9 Å². The van der Waals surface area contributed by atoms with Crippen molar-refractivity contribution in [2.24, 2.45) is 0 Å². The molecule has 3 aliphatic rings. The maximum atomic E-state index is 5.95. The Balaban J connectivity index is 1.41. The Morgan fingerprint density at radius 1 is 1.32 bits per heavy atom. The van der Waals surface area contributed by atoms with Crippen LogP contribution in [0.1, 0.15) is 44.3 Å². The average Bonchev–Trinajstić information content (AvgIpc) is 3.05. The van der Waals surface area contributed by atoms with Crippen LogP contribution in [0.2, 0.25) is 0 Å². The van der Waals surface area contributed by atoms with Crippen molar-refractivity contribution in [1.29, 1.82) is 0 Å². The van der Waals surface area contributed by atoms with E-state index in [0.717, 1.165) is 43.5 Å². The largest absolute Gasteiger partial charge is 0.347 e. The first kappa shape index (κ1) is 12.1. The average molecular weight is 281 g/mol. The summed E-state index contributed by atoms with van der Waals surface area (Å²) in [5.74, 6) is 1.38. The molecule has 1 aliphatic carbocycles. The molecule has 1 unspecified atom stereocenters. The smallest absolute Gasteiger partial charge is 0.205 e. The SMILES string of the molecule is CC1COC2(CCN(c3nc(C4CC4)ns3)CC2)O1. The number of ether oxygens (including phenoxy) is 2. The number of nitrogens with zero attached hydrogens (tertiary/aromatic N) is 3. The zero-order valence-electron chi connectivity index (χ0n) is 11.2. The molecule has 4 rings (SSSR count). The van der Waals surface area contributed by atoms with Crippen molar-refractivity contribution in [3.8, 4) is 0 Å². The number of anilines is 1. The van der Waals surface area contributed by atoms with Gasteiger partial charge in [-0.05, 0) is 19.8 Å². The van der Waals surface area contributed by atoms with Gasteiger partial charge in [0, 0.05) is 43.4 Å². The molecule has 1 saturated carbocycles. The van der Waals surface area contributed by atoms with Crippen LogP contribution in [0, 0.1) is 0 Å². The van der Waals surface area contributed by atoms with Crippen molar-refractivity contribution in [2.75, 3.05) is 24.6 Å². The van der Waals surface area contributed by atoms with Crippen molar-refractivity contribution in [3.05, 3.63) is 5.82 Å². The molecule has 0 bridgehead atoms. The molecule has 104 valence electrons. The van der Waals surface area contributed by atoms with E-state index < -0.39 is 0 Å². The Labute approximate surface area is 117 Å². The van der Waals surface area contributed by atoms with Crippen molar-refractivity contribution in [2.45, 2.75) is 50.4 Å². The molecule has 1 aromatic rings. The fourth-order valence-corrected chi connectivity index (χ4v) is 3.66. The standard InChI is InChI=1S/C13H19N3O2S/c1-9-8-17-13(18-9)4-6-16(7-5-13)12-14-11(15-19-12)10-2-3-10/h9-10H,2-8H2,1H3. The van der Waals surface area contributed by atoms with Gasteiger partial charge in [0.2, 0.25) is 5.13 Å². The molecule has 0 amide bonds. The summed E-state index contributed by atoms with van der Waals surface area (Å²) in [6.07, 6.45) is 4.61. The molecule has 2 saturated heterocycles. The van der Waals surface area contributed by atoms with Gasteiger partial charge in [0.15, 0.2) is 5.79 Å². The number of hydrogen-bond donors (Lipinski definition) is 0. The zero-order chi connectivity index (χ0) is 12.9. The Hall–Kier alpha value is -0.720. The lowest BCUT2D eigenvalue weighted by atomic mass is 10.0. The minimum atomic E-state index is -0.320. The van der Waals surface area contributed by atoms with E-state index in [0.29, 0.717) is 5.92 Å². The molecule has 0 N–H and O–H groups in total. The van der Waals surface area contributed by atoms with Crippen LogP contribution >= 0.6 is 11.5 Å². The molecule has 19 heavy (non-hydrogen) atoms. The Morgan fingerprint density at radius 2 is 2.11 bits per heavy atom. The molecule has 1 atom stereocenters. The summed E-state index contributed by atoms with van der Waals surface area (Å²) in [6, 6.07) is 0. The summed E-state index contributed by atoms with van der Waals surface area (Å²) < 4.78 is 16.3. The molecule has 6 heteroatoms. The highest BCUT2D eigenvalue weighted by atomic mass is 32.1. The normalized spacial score (nSPS) is 30.2. The fourth-order valence-electron chi connectivity index (χ4n) is 2.87. The van der Waals surface area contributed by atoms with E-state index in [1.807, 2.05) is 0 Å². The molecule has 1 aromatic heterocycles. The third-order valence-corrected chi connectivity index (χ3v) is 4.96. The number of rotatable bonds is 2. The van der Waals surface area contributed by atoms with Crippen LogP contribution in [0.15, 0.2) is 0 Å². The Morgan fingerprint density at radius 3 is 2.74 bits per heavy atom. The molecular weight excluding hydrogens is 262 g/mol. The number of aromatic nitrogens is 2. The van der Waals surface area contributed by atoms with E-state index >= 15 is 0 Å². The maximum absolute atomic E-state index is 5.95. The molecule has 5 nitrogen and oxygen atoms in total. The van der Waals surface area contributed by atoms with Gasteiger partial charge in [-0.3, -0.25) is 0 Å². The summed E-state index contributed by atoms with van der Waals surface area (Å²) in [5.41, 5.74) is 0. The minimum absolute atomic E-state index is 0.231. The molecule has 3 fully saturated rings. The van der Waals surface area contributed by atoms with Gasteiger partial charge in [-0.2, -0.15) is 4.37 Å². The predicted octanol–water partition coefficient (Wildman–Crippen LogP) is 2.15. The van der Waals surface area contributed by atoms with Crippen molar-refractivity contribution in [3.63, 3.8) is 0 Å². The summed E-state index contributed by atoms with van der Waals surface area (Å²) in [7, 11) is 0. The predicted molar refractivity (Wildman–Crippen MR) is 72.6 cm³/mol. The van der Waals surface area contributed by atoms with Crippen LogP contribution in [0.5, 0.6) is 0 Å². The maximum Gasteiger partial charge on any atom is 0.205 e.